The first kappa shape index (κ1) is 20.0. The molecule has 0 atom stereocenters. The van der Waals surface area contributed by atoms with Crippen LogP contribution in [0.3, 0.4) is 0 Å². The number of hydrogen-bond donors (Lipinski definition) is 3. The minimum absolute atomic E-state index is 0.178. The zero-order valence-corrected chi connectivity index (χ0v) is 15.4. The van der Waals surface area contributed by atoms with E-state index in [9.17, 15) is 14.4 Å². The molecule has 2 aromatic carbocycles. The van der Waals surface area contributed by atoms with Gasteiger partial charge in [0.25, 0.3) is 11.8 Å². The number of anilines is 1. The van der Waals surface area contributed by atoms with Crippen molar-refractivity contribution in [2.45, 2.75) is 12.8 Å². The van der Waals surface area contributed by atoms with Gasteiger partial charge in [0.2, 0.25) is 5.91 Å². The van der Waals surface area contributed by atoms with Crippen LogP contribution >= 0.6 is 0 Å². The van der Waals surface area contributed by atoms with Crippen molar-refractivity contribution in [1.82, 2.24) is 10.6 Å². The second-order valence-electron chi connectivity index (χ2n) is 5.80. The van der Waals surface area contributed by atoms with Crippen molar-refractivity contribution in [2.75, 3.05) is 26.0 Å². The van der Waals surface area contributed by atoms with Gasteiger partial charge in [-0.2, -0.15) is 0 Å². The number of hydrogen-bond acceptors (Lipinski definition) is 4. The third-order valence-corrected chi connectivity index (χ3v) is 3.85. The Morgan fingerprint density at radius 2 is 1.70 bits per heavy atom. The minimum Gasteiger partial charge on any atom is -0.497 e. The number of nitrogens with one attached hydrogen (secondary N) is 3. The lowest BCUT2D eigenvalue weighted by atomic mass is 10.2. The third kappa shape index (κ3) is 6.14. The Bertz CT molecular complexity index is 803. The molecule has 27 heavy (non-hydrogen) atoms. The zero-order valence-electron chi connectivity index (χ0n) is 15.4. The molecule has 0 bridgehead atoms. The molecule has 0 fully saturated rings. The molecule has 2 aromatic rings. The van der Waals surface area contributed by atoms with Crippen LogP contribution < -0.4 is 20.7 Å². The highest BCUT2D eigenvalue weighted by molar-refractivity contribution is 5.97. The lowest BCUT2D eigenvalue weighted by molar-refractivity contribution is -0.116. The predicted octanol–water partition coefficient (Wildman–Crippen LogP) is 2.20. The molecule has 7 nitrogen and oxygen atoms in total. The minimum atomic E-state index is -0.215. The van der Waals surface area contributed by atoms with E-state index in [0.29, 0.717) is 35.5 Å². The highest BCUT2D eigenvalue weighted by Crippen LogP contribution is 2.12. The lowest BCUT2D eigenvalue weighted by Gasteiger charge is -2.08. The van der Waals surface area contributed by atoms with Gasteiger partial charge in [-0.05, 0) is 48.9 Å². The second kappa shape index (κ2) is 9.96. The van der Waals surface area contributed by atoms with Crippen LogP contribution in [0.2, 0.25) is 0 Å². The molecular weight excluding hydrogens is 346 g/mol. The average molecular weight is 369 g/mol. The summed E-state index contributed by atoms with van der Waals surface area (Å²) in [6.45, 7) is 0.385. The zero-order chi connectivity index (χ0) is 19.6. The van der Waals surface area contributed by atoms with Gasteiger partial charge < -0.3 is 20.7 Å². The van der Waals surface area contributed by atoms with Crippen molar-refractivity contribution in [2.24, 2.45) is 0 Å². The average Bonchev–Trinajstić information content (AvgIpc) is 2.70. The Kier molecular flexibility index (Phi) is 7.37. The van der Waals surface area contributed by atoms with Crippen LogP contribution in [0.1, 0.15) is 33.6 Å². The van der Waals surface area contributed by atoms with Crippen molar-refractivity contribution in [1.29, 1.82) is 0 Å². The Morgan fingerprint density at radius 3 is 2.37 bits per heavy atom. The first-order chi connectivity index (χ1) is 13.0. The van der Waals surface area contributed by atoms with E-state index in [0.717, 1.165) is 0 Å². The van der Waals surface area contributed by atoms with Gasteiger partial charge in [0.05, 0.1) is 7.11 Å². The van der Waals surface area contributed by atoms with Crippen LogP contribution in [0.4, 0.5) is 5.69 Å². The van der Waals surface area contributed by atoms with E-state index in [1.165, 1.54) is 0 Å². The van der Waals surface area contributed by atoms with Gasteiger partial charge in [0.1, 0.15) is 5.75 Å². The van der Waals surface area contributed by atoms with E-state index in [2.05, 4.69) is 16.0 Å². The third-order valence-electron chi connectivity index (χ3n) is 3.85. The number of methoxy groups -OCH3 is 1. The van der Waals surface area contributed by atoms with Crippen molar-refractivity contribution in [3.05, 3.63) is 59.7 Å². The highest BCUT2D eigenvalue weighted by atomic mass is 16.5. The summed E-state index contributed by atoms with van der Waals surface area (Å²) in [5.41, 5.74) is 1.57. The number of carbonyl (C=O) groups is 3. The standard InChI is InChI=1S/C20H23N3O4/c1-21-19(25)15-5-3-6-16(13-15)23-18(24)7-4-12-22-20(26)14-8-10-17(27-2)11-9-14/h3,5-6,8-11,13H,4,7,12H2,1-2H3,(H,21,25)(H,22,26)(H,23,24). The molecule has 0 aliphatic carbocycles. The Hall–Kier alpha value is -3.35. The maximum Gasteiger partial charge on any atom is 0.251 e. The first-order valence-corrected chi connectivity index (χ1v) is 8.57. The van der Waals surface area contributed by atoms with Crippen molar-refractivity contribution >= 4 is 23.4 Å². The highest BCUT2D eigenvalue weighted by Gasteiger charge is 2.08. The molecule has 142 valence electrons. The molecule has 0 unspecified atom stereocenters. The summed E-state index contributed by atoms with van der Waals surface area (Å²) >= 11 is 0. The summed E-state index contributed by atoms with van der Waals surface area (Å²) in [6.07, 6.45) is 0.760. The predicted molar refractivity (Wildman–Crippen MR) is 103 cm³/mol. The van der Waals surface area contributed by atoms with E-state index in [4.69, 9.17) is 4.74 Å². The summed E-state index contributed by atoms with van der Waals surface area (Å²) in [6, 6.07) is 13.5. The van der Waals surface area contributed by atoms with Crippen LogP contribution in [-0.4, -0.2) is 38.4 Å². The van der Waals surface area contributed by atoms with Gasteiger partial charge >= 0.3 is 0 Å². The van der Waals surface area contributed by atoms with Crippen molar-refractivity contribution < 1.29 is 19.1 Å². The molecule has 0 aromatic heterocycles. The van der Waals surface area contributed by atoms with Crippen LogP contribution in [0.5, 0.6) is 5.75 Å². The fraction of sp³-hybridized carbons (Fsp3) is 0.250. The fourth-order valence-electron chi connectivity index (χ4n) is 2.40. The molecule has 0 aliphatic heterocycles. The van der Waals surface area contributed by atoms with Gasteiger partial charge in [-0.15, -0.1) is 0 Å². The number of rotatable bonds is 8. The number of carbonyl (C=O) groups excluding carboxylic acids is 3. The number of amides is 3. The van der Waals surface area contributed by atoms with Gasteiger partial charge in [0, 0.05) is 36.8 Å². The number of ether oxygens (including phenoxy) is 1. The molecular formula is C20H23N3O4. The van der Waals surface area contributed by atoms with Crippen LogP contribution in [0.15, 0.2) is 48.5 Å². The van der Waals surface area contributed by atoms with Crippen molar-refractivity contribution in [3.8, 4) is 5.75 Å². The van der Waals surface area contributed by atoms with Gasteiger partial charge in [-0.25, -0.2) is 0 Å². The summed E-state index contributed by atoms with van der Waals surface area (Å²) in [5.74, 6) is 0.0927. The Morgan fingerprint density at radius 1 is 0.963 bits per heavy atom. The summed E-state index contributed by atoms with van der Waals surface area (Å²) < 4.78 is 5.05. The van der Waals surface area contributed by atoms with E-state index in [-0.39, 0.29) is 24.1 Å². The fourth-order valence-corrected chi connectivity index (χ4v) is 2.40. The maximum atomic E-state index is 12.0. The monoisotopic (exact) mass is 369 g/mol. The first-order valence-electron chi connectivity index (χ1n) is 8.57. The van der Waals surface area contributed by atoms with Crippen LogP contribution in [0, 0.1) is 0 Å². The van der Waals surface area contributed by atoms with Crippen molar-refractivity contribution in [3.63, 3.8) is 0 Å². The Labute approximate surface area is 158 Å². The van der Waals surface area contributed by atoms with Gasteiger partial charge in [0.15, 0.2) is 0 Å². The molecule has 3 N–H and O–H groups in total. The van der Waals surface area contributed by atoms with Gasteiger partial charge in [-0.1, -0.05) is 6.07 Å². The molecule has 0 heterocycles. The van der Waals surface area contributed by atoms with Crippen LogP contribution in [-0.2, 0) is 4.79 Å². The van der Waals surface area contributed by atoms with E-state index in [1.807, 2.05) is 0 Å². The van der Waals surface area contributed by atoms with E-state index < -0.39 is 0 Å². The molecule has 0 radical (unpaired) electrons. The largest absolute Gasteiger partial charge is 0.497 e. The SMILES string of the molecule is CNC(=O)c1cccc(NC(=O)CCCNC(=O)c2ccc(OC)cc2)c1. The lowest BCUT2D eigenvalue weighted by Crippen LogP contribution is -2.25. The summed E-state index contributed by atoms with van der Waals surface area (Å²) in [4.78, 5) is 35.6. The molecule has 0 saturated carbocycles. The molecule has 3 amide bonds. The molecule has 2 rings (SSSR count). The normalized spacial score (nSPS) is 10.0. The number of benzene rings is 2. The Balaban J connectivity index is 1.74. The second-order valence-corrected chi connectivity index (χ2v) is 5.80. The molecule has 0 saturated heterocycles. The molecule has 0 aliphatic rings. The smallest absolute Gasteiger partial charge is 0.251 e. The molecule has 0 spiro atoms. The quantitative estimate of drug-likeness (QED) is 0.622. The van der Waals surface area contributed by atoms with Gasteiger partial charge in [-0.3, -0.25) is 14.4 Å². The van der Waals surface area contributed by atoms with E-state index >= 15 is 0 Å². The maximum absolute atomic E-state index is 12.0. The summed E-state index contributed by atoms with van der Waals surface area (Å²) in [7, 11) is 3.11. The summed E-state index contributed by atoms with van der Waals surface area (Å²) in [5, 5.41) is 8.06. The topological polar surface area (TPSA) is 96.5 Å². The molecule has 7 heteroatoms. The van der Waals surface area contributed by atoms with Crippen LogP contribution in [0.25, 0.3) is 0 Å². The van der Waals surface area contributed by atoms with E-state index in [1.54, 1.807) is 62.7 Å².